The van der Waals surface area contributed by atoms with Gasteiger partial charge < -0.3 is 19.7 Å². The molecule has 0 aromatic carbocycles. The number of hydrogen-bond acceptors (Lipinski definition) is 4. The third-order valence-electron chi connectivity index (χ3n) is 3.18. The fraction of sp³-hybridized carbons (Fsp3) is 0.500. The smallest absolute Gasteiger partial charge is 0.323 e. The van der Waals surface area contributed by atoms with E-state index < -0.39 is 18.4 Å². The van der Waals surface area contributed by atoms with Crippen LogP contribution < -0.4 is 0 Å². The van der Waals surface area contributed by atoms with Crippen LogP contribution in [0.5, 0.6) is 0 Å². The summed E-state index contributed by atoms with van der Waals surface area (Å²) >= 11 is 0. The number of Topliss-reactive ketones (excluding diaryl/α,β-unsaturated/α-hetero) is 1. The number of aliphatic carboxylic acids is 1. The molecule has 0 radical (unpaired) electrons. The number of nitrogens with one attached hydrogen (secondary N) is 1. The number of H-pyrrole nitrogens is 1. The molecule has 0 aliphatic heterocycles. The Bertz CT molecular complexity index is 562. The monoisotopic (exact) mass is 296 g/mol. The molecule has 1 aromatic heterocycles. The number of carbonyl (C=O) groups is 3. The fourth-order valence-electron chi connectivity index (χ4n) is 2.27. The summed E-state index contributed by atoms with van der Waals surface area (Å²) in [4.78, 5) is 39.0. The highest BCUT2D eigenvalue weighted by molar-refractivity contribution is 6.03. The van der Waals surface area contributed by atoms with E-state index in [4.69, 9.17) is 9.84 Å². The number of carboxylic acid groups (broad SMARTS) is 1. The van der Waals surface area contributed by atoms with Crippen LogP contribution in [-0.4, -0.2) is 59.5 Å². The minimum absolute atomic E-state index is 0.137. The number of aromatic amines is 1. The molecule has 0 aliphatic rings. The molecule has 1 rings (SSSR count). The van der Waals surface area contributed by atoms with E-state index in [1.807, 2.05) is 0 Å². The molecule has 1 heterocycles. The molecule has 0 fully saturated rings. The van der Waals surface area contributed by atoms with Crippen molar-refractivity contribution in [3.8, 4) is 0 Å². The number of nitrogens with zero attached hydrogens (tertiary/aromatic N) is 1. The van der Waals surface area contributed by atoms with Crippen molar-refractivity contribution in [2.75, 3.05) is 26.8 Å². The average molecular weight is 296 g/mol. The number of aromatic nitrogens is 1. The van der Waals surface area contributed by atoms with Crippen molar-refractivity contribution in [3.05, 3.63) is 22.5 Å². The zero-order valence-corrected chi connectivity index (χ0v) is 12.6. The molecule has 0 unspecified atom stereocenters. The number of methoxy groups -OCH3 is 1. The van der Waals surface area contributed by atoms with Gasteiger partial charge in [0.25, 0.3) is 5.91 Å². The number of carbonyl (C=O) groups excluding carboxylic acids is 2. The molecule has 1 amide bonds. The van der Waals surface area contributed by atoms with Gasteiger partial charge in [0.2, 0.25) is 0 Å². The zero-order chi connectivity index (χ0) is 16.2. The first-order valence-electron chi connectivity index (χ1n) is 6.49. The number of rotatable bonds is 7. The Hall–Kier alpha value is -2.15. The van der Waals surface area contributed by atoms with Gasteiger partial charge in [0.1, 0.15) is 12.2 Å². The first-order chi connectivity index (χ1) is 9.79. The average Bonchev–Trinajstić information content (AvgIpc) is 2.68. The van der Waals surface area contributed by atoms with Gasteiger partial charge in [-0.25, -0.2) is 0 Å². The molecule has 0 saturated heterocycles. The van der Waals surface area contributed by atoms with E-state index in [-0.39, 0.29) is 24.6 Å². The summed E-state index contributed by atoms with van der Waals surface area (Å²) in [6, 6.07) is 0. The van der Waals surface area contributed by atoms with E-state index in [2.05, 4.69) is 4.98 Å². The Kier molecular flexibility index (Phi) is 5.66. The fourth-order valence-corrected chi connectivity index (χ4v) is 2.27. The van der Waals surface area contributed by atoms with E-state index in [0.717, 1.165) is 0 Å². The highest BCUT2D eigenvalue weighted by atomic mass is 16.5. The summed E-state index contributed by atoms with van der Waals surface area (Å²) in [5.74, 6) is -1.70. The van der Waals surface area contributed by atoms with Crippen LogP contribution in [0.1, 0.15) is 39.0 Å². The Morgan fingerprint density at radius 3 is 2.33 bits per heavy atom. The van der Waals surface area contributed by atoms with Crippen LogP contribution >= 0.6 is 0 Å². The van der Waals surface area contributed by atoms with Crippen molar-refractivity contribution < 1.29 is 24.2 Å². The van der Waals surface area contributed by atoms with Gasteiger partial charge in [-0.05, 0) is 26.3 Å². The van der Waals surface area contributed by atoms with Gasteiger partial charge in [-0.1, -0.05) is 0 Å². The maximum Gasteiger partial charge on any atom is 0.323 e. The van der Waals surface area contributed by atoms with Crippen LogP contribution in [0.15, 0.2) is 0 Å². The number of aryl methyl sites for hydroxylation is 1. The Labute approximate surface area is 122 Å². The molecule has 7 heteroatoms. The van der Waals surface area contributed by atoms with Crippen LogP contribution in [0.25, 0.3) is 0 Å². The summed E-state index contributed by atoms with van der Waals surface area (Å²) in [6.45, 7) is 4.78. The molecule has 116 valence electrons. The van der Waals surface area contributed by atoms with Crippen molar-refractivity contribution in [2.24, 2.45) is 0 Å². The van der Waals surface area contributed by atoms with E-state index in [1.165, 1.54) is 18.9 Å². The second-order valence-corrected chi connectivity index (χ2v) is 4.79. The molecule has 0 aliphatic carbocycles. The lowest BCUT2D eigenvalue weighted by Gasteiger charge is -2.20. The van der Waals surface area contributed by atoms with Crippen LogP contribution in [0, 0.1) is 13.8 Å². The first-order valence-corrected chi connectivity index (χ1v) is 6.49. The summed E-state index contributed by atoms with van der Waals surface area (Å²) < 4.78 is 4.89. The lowest BCUT2D eigenvalue weighted by atomic mass is 10.1. The summed E-state index contributed by atoms with van der Waals surface area (Å²) in [5, 5.41) is 8.90. The van der Waals surface area contributed by atoms with E-state index in [9.17, 15) is 14.4 Å². The molecule has 0 bridgehead atoms. The highest BCUT2D eigenvalue weighted by Crippen LogP contribution is 2.19. The predicted molar refractivity (Wildman–Crippen MR) is 75.7 cm³/mol. The lowest BCUT2D eigenvalue weighted by Crippen LogP contribution is -2.38. The SMILES string of the molecule is COCCN(CC(=O)O)C(=O)c1[nH]c(C)c(C(C)=O)c1C. The molecular formula is C14H20N2O5. The maximum absolute atomic E-state index is 12.5. The Morgan fingerprint density at radius 1 is 1.29 bits per heavy atom. The minimum atomic E-state index is -1.10. The molecule has 2 N–H and O–H groups in total. The molecular weight excluding hydrogens is 276 g/mol. The van der Waals surface area contributed by atoms with Gasteiger partial charge in [0, 0.05) is 24.9 Å². The van der Waals surface area contributed by atoms with Crippen molar-refractivity contribution in [2.45, 2.75) is 20.8 Å². The van der Waals surface area contributed by atoms with Crippen LogP contribution in [0.4, 0.5) is 0 Å². The van der Waals surface area contributed by atoms with Gasteiger partial charge in [-0.2, -0.15) is 0 Å². The second kappa shape index (κ2) is 7.03. The van der Waals surface area contributed by atoms with Crippen molar-refractivity contribution >= 4 is 17.7 Å². The maximum atomic E-state index is 12.5. The van der Waals surface area contributed by atoms with Crippen LogP contribution in [-0.2, 0) is 9.53 Å². The van der Waals surface area contributed by atoms with Crippen molar-refractivity contribution in [1.82, 2.24) is 9.88 Å². The van der Waals surface area contributed by atoms with Gasteiger partial charge in [-0.3, -0.25) is 14.4 Å². The molecule has 1 aromatic rings. The van der Waals surface area contributed by atoms with Gasteiger partial charge >= 0.3 is 5.97 Å². The number of hydrogen-bond donors (Lipinski definition) is 2. The third-order valence-corrected chi connectivity index (χ3v) is 3.18. The van der Waals surface area contributed by atoms with E-state index in [0.29, 0.717) is 16.8 Å². The molecule has 0 saturated carbocycles. The molecule has 0 atom stereocenters. The molecule has 21 heavy (non-hydrogen) atoms. The zero-order valence-electron chi connectivity index (χ0n) is 12.6. The first kappa shape index (κ1) is 16.9. The molecule has 7 nitrogen and oxygen atoms in total. The third kappa shape index (κ3) is 3.91. The highest BCUT2D eigenvalue weighted by Gasteiger charge is 2.25. The molecule has 0 spiro atoms. The van der Waals surface area contributed by atoms with Crippen molar-refractivity contribution in [1.29, 1.82) is 0 Å². The Morgan fingerprint density at radius 2 is 1.90 bits per heavy atom. The minimum Gasteiger partial charge on any atom is -0.480 e. The van der Waals surface area contributed by atoms with Gasteiger partial charge in [-0.15, -0.1) is 0 Å². The lowest BCUT2D eigenvalue weighted by molar-refractivity contribution is -0.137. The topological polar surface area (TPSA) is 99.7 Å². The summed E-state index contributed by atoms with van der Waals surface area (Å²) in [5.41, 5.74) is 1.86. The van der Waals surface area contributed by atoms with Crippen LogP contribution in [0.2, 0.25) is 0 Å². The van der Waals surface area contributed by atoms with Crippen LogP contribution in [0.3, 0.4) is 0 Å². The summed E-state index contributed by atoms with van der Waals surface area (Å²) in [6.07, 6.45) is 0. The second-order valence-electron chi connectivity index (χ2n) is 4.79. The summed E-state index contributed by atoms with van der Waals surface area (Å²) in [7, 11) is 1.47. The van der Waals surface area contributed by atoms with E-state index >= 15 is 0 Å². The predicted octanol–water partition coefficient (Wildman–Crippen LogP) is 1.01. The number of ketones is 1. The van der Waals surface area contributed by atoms with Gasteiger partial charge in [0.05, 0.1) is 6.61 Å². The Balaban J connectivity index is 3.11. The quantitative estimate of drug-likeness (QED) is 0.731. The van der Waals surface area contributed by atoms with Gasteiger partial charge in [0.15, 0.2) is 5.78 Å². The number of ether oxygens (including phenoxy) is 1. The normalized spacial score (nSPS) is 10.5. The largest absolute Gasteiger partial charge is 0.480 e. The van der Waals surface area contributed by atoms with Crippen molar-refractivity contribution in [3.63, 3.8) is 0 Å². The standard InChI is InChI=1S/C14H20N2O5/c1-8-12(10(3)17)9(2)15-13(8)14(20)16(5-6-21-4)7-11(18)19/h15H,5-7H2,1-4H3,(H,18,19). The number of carboxylic acids is 1. The number of amides is 1. The van der Waals surface area contributed by atoms with E-state index in [1.54, 1.807) is 13.8 Å².